The van der Waals surface area contributed by atoms with Crippen molar-refractivity contribution < 1.29 is 4.74 Å². The van der Waals surface area contributed by atoms with Crippen molar-refractivity contribution in [3.05, 3.63) is 34.3 Å². The minimum Gasteiger partial charge on any atom is -0.381 e. The molecule has 22 heavy (non-hydrogen) atoms. The monoisotopic (exact) mass is 367 g/mol. The number of ether oxygens (including phenoxy) is 1. The molecule has 1 aliphatic carbocycles. The molecule has 0 unspecified atom stereocenters. The van der Waals surface area contributed by atoms with Crippen molar-refractivity contribution in [1.82, 2.24) is 10.2 Å². The zero-order valence-corrected chi connectivity index (χ0v) is 15.1. The topological polar surface area (TPSA) is 36.9 Å². The average Bonchev–Trinajstić information content (AvgIpc) is 3.33. The number of nitrogens with zero attached hydrogens (tertiary/aromatic N) is 2. The van der Waals surface area contributed by atoms with Crippen LogP contribution in [0.25, 0.3) is 0 Å². The highest BCUT2D eigenvalue weighted by Crippen LogP contribution is 2.28. The Hall–Kier alpha value is -1.07. The van der Waals surface area contributed by atoms with E-state index < -0.39 is 0 Å². The predicted molar refractivity (Wildman–Crippen MR) is 95.1 cm³/mol. The smallest absolute Gasteiger partial charge is 0.193 e. The van der Waals surface area contributed by atoms with Gasteiger partial charge in [0.05, 0.1) is 0 Å². The molecule has 4 nitrogen and oxygen atoms in total. The van der Waals surface area contributed by atoms with Gasteiger partial charge in [-0.3, -0.25) is 4.99 Å². The second-order valence-electron chi connectivity index (χ2n) is 5.79. The Labute approximate surface area is 142 Å². The van der Waals surface area contributed by atoms with Crippen molar-refractivity contribution in [1.29, 1.82) is 0 Å². The molecule has 0 amide bonds. The van der Waals surface area contributed by atoms with Gasteiger partial charge in [0, 0.05) is 44.9 Å². The number of hydrogen-bond donors (Lipinski definition) is 1. The van der Waals surface area contributed by atoms with Gasteiger partial charge < -0.3 is 15.0 Å². The SMILES string of the molecule is CN=C(NCCCOCC1CC1)N(C)Cc1ccccc1Br. The van der Waals surface area contributed by atoms with Gasteiger partial charge in [-0.25, -0.2) is 0 Å². The Morgan fingerprint density at radius 2 is 2.18 bits per heavy atom. The molecule has 0 heterocycles. The number of halogens is 1. The zero-order valence-electron chi connectivity index (χ0n) is 13.5. The van der Waals surface area contributed by atoms with Crippen LogP contribution in [0.5, 0.6) is 0 Å². The van der Waals surface area contributed by atoms with Crippen LogP contribution < -0.4 is 5.32 Å². The molecule has 0 aliphatic heterocycles. The van der Waals surface area contributed by atoms with E-state index in [9.17, 15) is 0 Å². The molecular weight excluding hydrogens is 342 g/mol. The number of nitrogens with one attached hydrogen (secondary N) is 1. The van der Waals surface area contributed by atoms with Crippen LogP contribution in [0, 0.1) is 5.92 Å². The summed E-state index contributed by atoms with van der Waals surface area (Å²) in [5, 5.41) is 3.39. The van der Waals surface area contributed by atoms with Crippen molar-refractivity contribution >= 4 is 21.9 Å². The summed E-state index contributed by atoms with van der Waals surface area (Å²) in [6.45, 7) is 3.47. The molecular formula is C17H26BrN3O. The standard InChI is InChI=1S/C17H26BrN3O/c1-19-17(20-10-5-11-22-13-14-8-9-14)21(2)12-15-6-3-4-7-16(15)18/h3-4,6-7,14H,5,8-13H2,1-2H3,(H,19,20). The minimum atomic E-state index is 0.819. The Bertz CT molecular complexity index is 489. The molecule has 1 aromatic rings. The number of aliphatic imine (C=N–C) groups is 1. The lowest BCUT2D eigenvalue weighted by atomic mass is 10.2. The third-order valence-electron chi connectivity index (χ3n) is 3.74. The van der Waals surface area contributed by atoms with E-state index in [1.165, 1.54) is 18.4 Å². The van der Waals surface area contributed by atoms with Gasteiger partial charge in [0.25, 0.3) is 0 Å². The maximum absolute atomic E-state index is 5.65. The Morgan fingerprint density at radius 1 is 1.41 bits per heavy atom. The van der Waals surface area contributed by atoms with E-state index in [0.717, 1.165) is 49.1 Å². The van der Waals surface area contributed by atoms with Gasteiger partial charge in [-0.05, 0) is 36.8 Å². The molecule has 1 N–H and O–H groups in total. The number of guanidine groups is 1. The molecule has 1 saturated carbocycles. The molecule has 1 aromatic carbocycles. The maximum atomic E-state index is 5.65. The van der Waals surface area contributed by atoms with Gasteiger partial charge in [0.1, 0.15) is 0 Å². The van der Waals surface area contributed by atoms with E-state index in [-0.39, 0.29) is 0 Å². The average molecular weight is 368 g/mol. The van der Waals surface area contributed by atoms with Gasteiger partial charge in [-0.1, -0.05) is 34.1 Å². The summed E-state index contributed by atoms with van der Waals surface area (Å²) in [4.78, 5) is 6.48. The molecule has 0 atom stereocenters. The van der Waals surface area contributed by atoms with E-state index in [0.29, 0.717) is 0 Å². The fourth-order valence-corrected chi connectivity index (χ4v) is 2.66. The van der Waals surface area contributed by atoms with Crippen molar-refractivity contribution in [2.24, 2.45) is 10.9 Å². The number of hydrogen-bond acceptors (Lipinski definition) is 2. The highest BCUT2D eigenvalue weighted by molar-refractivity contribution is 9.10. The first kappa shape index (κ1) is 17.3. The van der Waals surface area contributed by atoms with Crippen LogP contribution in [0.4, 0.5) is 0 Å². The van der Waals surface area contributed by atoms with Crippen molar-refractivity contribution in [3.8, 4) is 0 Å². The zero-order chi connectivity index (χ0) is 15.8. The lowest BCUT2D eigenvalue weighted by Gasteiger charge is -2.22. The Balaban J connectivity index is 1.67. The highest BCUT2D eigenvalue weighted by atomic mass is 79.9. The van der Waals surface area contributed by atoms with Crippen molar-refractivity contribution in [2.45, 2.75) is 25.8 Å². The summed E-state index contributed by atoms with van der Waals surface area (Å²) < 4.78 is 6.78. The molecule has 0 aromatic heterocycles. The van der Waals surface area contributed by atoms with E-state index in [4.69, 9.17) is 4.74 Å². The lowest BCUT2D eigenvalue weighted by Crippen LogP contribution is -2.39. The minimum absolute atomic E-state index is 0.819. The van der Waals surface area contributed by atoms with E-state index in [1.807, 2.05) is 13.1 Å². The fraction of sp³-hybridized carbons (Fsp3) is 0.588. The summed E-state index contributed by atoms with van der Waals surface area (Å²) in [5.74, 6) is 1.76. The first-order valence-electron chi connectivity index (χ1n) is 7.93. The van der Waals surface area contributed by atoms with E-state index in [2.05, 4.69) is 56.4 Å². The lowest BCUT2D eigenvalue weighted by molar-refractivity contribution is 0.122. The summed E-state index contributed by atoms with van der Waals surface area (Å²) in [5.41, 5.74) is 1.25. The Morgan fingerprint density at radius 3 is 2.86 bits per heavy atom. The van der Waals surface area contributed by atoms with Gasteiger partial charge in [-0.2, -0.15) is 0 Å². The third kappa shape index (κ3) is 5.97. The van der Waals surface area contributed by atoms with Crippen molar-refractivity contribution in [2.75, 3.05) is 33.9 Å². The van der Waals surface area contributed by atoms with Gasteiger partial charge in [0.2, 0.25) is 0 Å². The largest absolute Gasteiger partial charge is 0.381 e. The molecule has 122 valence electrons. The third-order valence-corrected chi connectivity index (χ3v) is 4.51. The molecule has 0 bridgehead atoms. The van der Waals surface area contributed by atoms with Crippen LogP contribution in [0.15, 0.2) is 33.7 Å². The number of rotatable bonds is 8. The molecule has 1 fully saturated rings. The van der Waals surface area contributed by atoms with Gasteiger partial charge in [-0.15, -0.1) is 0 Å². The number of benzene rings is 1. The quantitative estimate of drug-likeness (QED) is 0.435. The van der Waals surface area contributed by atoms with Gasteiger partial charge >= 0.3 is 0 Å². The highest BCUT2D eigenvalue weighted by Gasteiger charge is 2.20. The van der Waals surface area contributed by atoms with Crippen molar-refractivity contribution in [3.63, 3.8) is 0 Å². The summed E-state index contributed by atoms with van der Waals surface area (Å²) in [6, 6.07) is 8.28. The van der Waals surface area contributed by atoms with Crippen LogP contribution in [-0.4, -0.2) is 44.7 Å². The molecule has 0 spiro atoms. The second-order valence-corrected chi connectivity index (χ2v) is 6.65. The molecule has 2 rings (SSSR count). The van der Waals surface area contributed by atoms with E-state index in [1.54, 1.807) is 0 Å². The first-order valence-corrected chi connectivity index (χ1v) is 8.73. The summed E-state index contributed by atoms with van der Waals surface area (Å²) >= 11 is 3.59. The molecule has 0 saturated heterocycles. The predicted octanol–water partition coefficient (Wildman–Crippen LogP) is 3.27. The van der Waals surface area contributed by atoms with Gasteiger partial charge in [0.15, 0.2) is 5.96 Å². The van der Waals surface area contributed by atoms with Crippen LogP contribution in [-0.2, 0) is 11.3 Å². The van der Waals surface area contributed by atoms with Crippen LogP contribution in [0.1, 0.15) is 24.8 Å². The fourth-order valence-electron chi connectivity index (χ4n) is 2.25. The van der Waals surface area contributed by atoms with Crippen LogP contribution in [0.3, 0.4) is 0 Å². The molecule has 5 heteroatoms. The molecule has 1 aliphatic rings. The van der Waals surface area contributed by atoms with Crippen LogP contribution in [0.2, 0.25) is 0 Å². The van der Waals surface area contributed by atoms with E-state index >= 15 is 0 Å². The summed E-state index contributed by atoms with van der Waals surface area (Å²) in [6.07, 6.45) is 3.71. The van der Waals surface area contributed by atoms with Crippen LogP contribution >= 0.6 is 15.9 Å². The second kappa shape index (κ2) is 9.16. The Kier molecular flexibility index (Phi) is 7.19. The normalized spacial score (nSPS) is 15.0. The maximum Gasteiger partial charge on any atom is 0.193 e. The molecule has 0 radical (unpaired) electrons. The first-order chi connectivity index (χ1) is 10.7. The summed E-state index contributed by atoms with van der Waals surface area (Å²) in [7, 11) is 3.88.